The number of aromatic nitrogens is 5. The summed E-state index contributed by atoms with van der Waals surface area (Å²) in [4.78, 5) is 0. The summed E-state index contributed by atoms with van der Waals surface area (Å²) in [5, 5.41) is 16.2. The number of aryl methyl sites for hydroxylation is 2. The first-order valence-corrected chi connectivity index (χ1v) is 7.00. The van der Waals surface area contributed by atoms with Gasteiger partial charge in [-0.1, -0.05) is 12.1 Å². The molecule has 0 amide bonds. The van der Waals surface area contributed by atoms with Gasteiger partial charge in [-0.3, -0.25) is 0 Å². The number of halogens is 3. The molecule has 0 saturated heterocycles. The Balaban J connectivity index is 1.86. The van der Waals surface area contributed by atoms with Gasteiger partial charge in [0.25, 0.3) is 5.95 Å². The summed E-state index contributed by atoms with van der Waals surface area (Å²) in [6, 6.07) is 6.60. The molecule has 0 saturated carbocycles. The molecule has 0 atom stereocenters. The highest BCUT2D eigenvalue weighted by Crippen LogP contribution is 2.28. The molecule has 0 bridgehead atoms. The second kappa shape index (κ2) is 5.91. The van der Waals surface area contributed by atoms with Gasteiger partial charge in [0.1, 0.15) is 6.33 Å². The molecule has 1 aromatic carbocycles. The number of nitrogens with zero attached hydrogens (tertiary/aromatic N) is 6. The summed E-state index contributed by atoms with van der Waals surface area (Å²) in [6.45, 7) is 3.73. The first-order chi connectivity index (χ1) is 11.3. The van der Waals surface area contributed by atoms with Crippen molar-refractivity contribution in [3.05, 3.63) is 59.2 Å². The van der Waals surface area contributed by atoms with Gasteiger partial charge in [-0.15, -0.1) is 10.2 Å². The van der Waals surface area contributed by atoms with Crippen LogP contribution in [0.15, 0.2) is 41.8 Å². The van der Waals surface area contributed by atoms with Gasteiger partial charge in [0.2, 0.25) is 0 Å². The molecular formula is C15H13F3N6. The van der Waals surface area contributed by atoms with Gasteiger partial charge in [-0.05, 0) is 37.6 Å². The molecule has 6 nitrogen and oxygen atoms in total. The van der Waals surface area contributed by atoms with Gasteiger partial charge in [-0.25, -0.2) is 4.68 Å². The number of rotatable bonds is 3. The van der Waals surface area contributed by atoms with Crippen molar-refractivity contribution in [1.82, 2.24) is 24.7 Å². The molecule has 3 rings (SSSR count). The lowest BCUT2D eigenvalue weighted by molar-refractivity contribution is -0.137. The van der Waals surface area contributed by atoms with Crippen molar-refractivity contribution >= 4 is 6.21 Å². The molecule has 0 aliphatic heterocycles. The zero-order chi connectivity index (χ0) is 17.3. The number of hydrogen-bond acceptors (Lipinski definition) is 4. The van der Waals surface area contributed by atoms with E-state index in [2.05, 4.69) is 20.4 Å². The highest BCUT2D eigenvalue weighted by molar-refractivity contribution is 5.79. The van der Waals surface area contributed by atoms with Crippen molar-refractivity contribution in [2.75, 3.05) is 0 Å². The Morgan fingerprint density at radius 2 is 1.83 bits per heavy atom. The van der Waals surface area contributed by atoms with E-state index in [1.807, 2.05) is 19.9 Å². The average Bonchev–Trinajstić information content (AvgIpc) is 3.10. The first-order valence-electron chi connectivity index (χ1n) is 7.00. The Hall–Kier alpha value is -2.97. The predicted octanol–water partition coefficient (Wildman–Crippen LogP) is 2.98. The van der Waals surface area contributed by atoms with E-state index in [1.165, 1.54) is 29.4 Å². The van der Waals surface area contributed by atoms with Crippen LogP contribution in [0.4, 0.5) is 13.2 Å². The summed E-state index contributed by atoms with van der Waals surface area (Å²) in [5.41, 5.74) is 1.52. The average molecular weight is 334 g/mol. The van der Waals surface area contributed by atoms with Crippen LogP contribution in [0.3, 0.4) is 0 Å². The molecule has 2 aromatic heterocycles. The lowest BCUT2D eigenvalue weighted by atomic mass is 10.1. The topological polar surface area (TPSA) is 60.9 Å². The third-order valence-electron chi connectivity index (χ3n) is 3.28. The molecule has 124 valence electrons. The molecule has 3 aromatic rings. The van der Waals surface area contributed by atoms with Crippen molar-refractivity contribution in [2.45, 2.75) is 20.0 Å². The molecule has 24 heavy (non-hydrogen) atoms. The Labute approximate surface area is 135 Å². The molecular weight excluding hydrogens is 321 g/mol. The Kier molecular flexibility index (Phi) is 3.92. The monoisotopic (exact) mass is 334 g/mol. The number of hydrogen-bond donors (Lipinski definition) is 0. The van der Waals surface area contributed by atoms with Crippen LogP contribution in [-0.4, -0.2) is 30.9 Å². The maximum atomic E-state index is 12.5. The van der Waals surface area contributed by atoms with Crippen LogP contribution in [0.1, 0.15) is 22.5 Å². The SMILES string of the molecule is Cc1cc(C)n(-c2nncn2/N=C\c2ccc(C(F)(F)F)cc2)n1. The Morgan fingerprint density at radius 1 is 1.12 bits per heavy atom. The van der Waals surface area contributed by atoms with E-state index >= 15 is 0 Å². The highest BCUT2D eigenvalue weighted by Gasteiger charge is 2.29. The molecule has 0 unspecified atom stereocenters. The van der Waals surface area contributed by atoms with E-state index in [-0.39, 0.29) is 0 Å². The fourth-order valence-electron chi connectivity index (χ4n) is 2.16. The van der Waals surface area contributed by atoms with E-state index in [0.717, 1.165) is 23.5 Å². The number of alkyl halides is 3. The van der Waals surface area contributed by atoms with Crippen LogP contribution in [0.25, 0.3) is 5.95 Å². The molecule has 2 heterocycles. The first kappa shape index (κ1) is 15.9. The fraction of sp³-hybridized carbons (Fsp3) is 0.200. The summed E-state index contributed by atoms with van der Waals surface area (Å²) >= 11 is 0. The van der Waals surface area contributed by atoms with E-state index in [4.69, 9.17) is 0 Å². The van der Waals surface area contributed by atoms with Crippen LogP contribution in [0.2, 0.25) is 0 Å². The maximum absolute atomic E-state index is 12.5. The van der Waals surface area contributed by atoms with E-state index < -0.39 is 11.7 Å². The smallest absolute Gasteiger partial charge is 0.202 e. The van der Waals surface area contributed by atoms with Gasteiger partial charge in [0.15, 0.2) is 0 Å². The van der Waals surface area contributed by atoms with Crippen LogP contribution in [-0.2, 0) is 6.18 Å². The van der Waals surface area contributed by atoms with E-state index in [1.54, 1.807) is 4.68 Å². The Bertz CT molecular complexity index is 873. The summed E-state index contributed by atoms with van der Waals surface area (Å²) in [5.74, 6) is 0.392. The molecule has 0 aliphatic carbocycles. The third-order valence-corrected chi connectivity index (χ3v) is 3.28. The zero-order valence-corrected chi connectivity index (χ0v) is 12.9. The van der Waals surface area contributed by atoms with Crippen LogP contribution in [0, 0.1) is 13.8 Å². The second-order valence-corrected chi connectivity index (χ2v) is 5.18. The molecule has 0 fully saturated rings. The number of benzene rings is 1. The Morgan fingerprint density at radius 3 is 2.42 bits per heavy atom. The van der Waals surface area contributed by atoms with Crippen LogP contribution >= 0.6 is 0 Å². The molecule has 0 radical (unpaired) electrons. The molecule has 0 spiro atoms. The van der Waals surface area contributed by atoms with Crippen molar-refractivity contribution in [3.63, 3.8) is 0 Å². The lowest BCUT2D eigenvalue weighted by Gasteiger charge is -2.06. The molecule has 9 heteroatoms. The van der Waals surface area contributed by atoms with Gasteiger partial charge in [-0.2, -0.15) is 28.0 Å². The normalized spacial score (nSPS) is 12.2. The van der Waals surface area contributed by atoms with Gasteiger partial charge < -0.3 is 0 Å². The minimum absolute atomic E-state index is 0.392. The van der Waals surface area contributed by atoms with Crippen molar-refractivity contribution < 1.29 is 13.2 Å². The van der Waals surface area contributed by atoms with Crippen molar-refractivity contribution in [3.8, 4) is 5.95 Å². The van der Waals surface area contributed by atoms with Gasteiger partial charge in [0, 0.05) is 5.69 Å². The quantitative estimate of drug-likeness (QED) is 0.692. The summed E-state index contributed by atoms with van der Waals surface area (Å²) in [6.07, 6.45) is -1.53. The largest absolute Gasteiger partial charge is 0.416 e. The van der Waals surface area contributed by atoms with Crippen molar-refractivity contribution in [1.29, 1.82) is 0 Å². The van der Waals surface area contributed by atoms with E-state index in [0.29, 0.717) is 11.5 Å². The second-order valence-electron chi connectivity index (χ2n) is 5.18. The van der Waals surface area contributed by atoms with Gasteiger partial charge >= 0.3 is 6.18 Å². The maximum Gasteiger partial charge on any atom is 0.416 e. The fourth-order valence-corrected chi connectivity index (χ4v) is 2.16. The standard InChI is InChI=1S/C15H13F3N6/c1-10-7-11(2)24(22-10)14-21-19-9-23(14)20-8-12-3-5-13(6-4-12)15(16,17)18/h3-9H,1-2H3/b20-8-. The van der Waals surface area contributed by atoms with Crippen LogP contribution in [0.5, 0.6) is 0 Å². The van der Waals surface area contributed by atoms with Crippen LogP contribution < -0.4 is 0 Å². The van der Waals surface area contributed by atoms with E-state index in [9.17, 15) is 13.2 Å². The molecule has 0 aliphatic rings. The third kappa shape index (κ3) is 3.19. The van der Waals surface area contributed by atoms with Gasteiger partial charge in [0.05, 0.1) is 17.5 Å². The summed E-state index contributed by atoms with van der Waals surface area (Å²) in [7, 11) is 0. The summed E-state index contributed by atoms with van der Waals surface area (Å²) < 4.78 is 40.6. The minimum atomic E-state index is -4.35. The minimum Gasteiger partial charge on any atom is -0.202 e. The lowest BCUT2D eigenvalue weighted by Crippen LogP contribution is -2.07. The highest BCUT2D eigenvalue weighted by atomic mass is 19.4. The predicted molar refractivity (Wildman–Crippen MR) is 81.1 cm³/mol. The van der Waals surface area contributed by atoms with Crippen molar-refractivity contribution in [2.24, 2.45) is 5.10 Å². The molecule has 0 N–H and O–H groups in total. The zero-order valence-electron chi connectivity index (χ0n) is 12.9.